The van der Waals surface area contributed by atoms with Gasteiger partial charge in [0.15, 0.2) is 0 Å². The summed E-state index contributed by atoms with van der Waals surface area (Å²) in [5.74, 6) is 0.379. The molecule has 9 heteroatoms. The third kappa shape index (κ3) is 6.82. The van der Waals surface area contributed by atoms with Crippen LogP contribution in [0, 0.1) is 5.92 Å². The van der Waals surface area contributed by atoms with E-state index in [0.29, 0.717) is 39.8 Å². The van der Waals surface area contributed by atoms with E-state index in [2.05, 4.69) is 4.90 Å². The molecule has 6 aromatic rings. The Morgan fingerprint density at radius 3 is 2.02 bits per heavy atom. The van der Waals surface area contributed by atoms with Crippen molar-refractivity contribution in [2.75, 3.05) is 13.1 Å². The second-order valence-electron chi connectivity index (χ2n) is 13.2. The Kier molecular flexibility index (Phi) is 9.21. The highest BCUT2D eigenvalue weighted by Crippen LogP contribution is 2.33. The van der Waals surface area contributed by atoms with Gasteiger partial charge in [0, 0.05) is 36.5 Å². The van der Waals surface area contributed by atoms with E-state index in [4.69, 9.17) is 18.3 Å². The molecule has 1 aliphatic heterocycles. The van der Waals surface area contributed by atoms with Crippen LogP contribution in [0.1, 0.15) is 51.5 Å². The van der Waals surface area contributed by atoms with Crippen LogP contribution in [0.3, 0.4) is 0 Å². The Labute approximate surface area is 282 Å². The highest BCUT2D eigenvalue weighted by molar-refractivity contribution is 6.06. The number of rotatable bonds is 4. The quantitative estimate of drug-likeness (QED) is 0.0878. The van der Waals surface area contributed by atoms with Gasteiger partial charge in [-0.2, -0.15) is 0 Å². The minimum Gasteiger partial charge on any atom is -0.507 e. The average molecular weight is 662 g/mol. The molecule has 0 radical (unpaired) electrons. The van der Waals surface area contributed by atoms with Gasteiger partial charge >= 0.3 is 17.2 Å². The van der Waals surface area contributed by atoms with Gasteiger partial charge in [0.2, 0.25) is 0 Å². The molecule has 3 heterocycles. The first kappa shape index (κ1) is 32.6. The Morgan fingerprint density at radius 2 is 1.35 bits per heavy atom. The largest absolute Gasteiger partial charge is 0.507 e. The van der Waals surface area contributed by atoms with Crippen molar-refractivity contribution in [3.8, 4) is 11.5 Å². The van der Waals surface area contributed by atoms with Crippen molar-refractivity contribution < 1.29 is 28.2 Å². The molecule has 4 aromatic carbocycles. The molecule has 0 bridgehead atoms. The van der Waals surface area contributed by atoms with Crippen molar-refractivity contribution in [3.63, 3.8) is 0 Å². The number of carbonyl (C=O) groups excluding carboxylic acids is 1. The molecule has 9 nitrogen and oxygen atoms in total. The number of fused-ring (bicyclic) bond motifs is 6. The van der Waals surface area contributed by atoms with Gasteiger partial charge in [0.25, 0.3) is 0 Å². The summed E-state index contributed by atoms with van der Waals surface area (Å²) in [6.07, 6.45) is 5.41. The fourth-order valence-electron chi connectivity index (χ4n) is 7.24. The highest BCUT2D eigenvalue weighted by atomic mass is 16.5. The number of carbonyl (C=O) groups is 1. The van der Waals surface area contributed by atoms with Crippen LogP contribution < -0.4 is 16.0 Å². The maximum atomic E-state index is 12.4. The van der Waals surface area contributed by atoms with Gasteiger partial charge in [-0.1, -0.05) is 55.7 Å². The summed E-state index contributed by atoms with van der Waals surface area (Å²) in [4.78, 5) is 39.0. The number of ether oxygens (including phenoxy) is 2. The Hall–Kier alpha value is -4.99. The van der Waals surface area contributed by atoms with Crippen molar-refractivity contribution >= 4 is 49.5 Å². The van der Waals surface area contributed by atoms with Gasteiger partial charge in [0.05, 0.1) is 34.5 Å². The van der Waals surface area contributed by atoms with Gasteiger partial charge in [0.1, 0.15) is 22.7 Å². The van der Waals surface area contributed by atoms with Crippen LogP contribution in [0.15, 0.2) is 97.3 Å². The van der Waals surface area contributed by atoms with Crippen molar-refractivity contribution in [1.29, 1.82) is 0 Å². The molecule has 252 valence electrons. The van der Waals surface area contributed by atoms with Crippen LogP contribution in [-0.4, -0.2) is 41.3 Å². The number of phenols is 1. The minimum absolute atomic E-state index is 0.0157. The summed E-state index contributed by atoms with van der Waals surface area (Å²) < 4.78 is 22.3. The zero-order valence-corrected chi connectivity index (χ0v) is 27.6. The molecule has 2 unspecified atom stereocenters. The smallest absolute Gasteiger partial charge is 0.344 e. The highest BCUT2D eigenvalue weighted by Gasteiger charge is 2.25. The lowest BCUT2D eigenvalue weighted by molar-refractivity contribution is -0.139. The lowest BCUT2D eigenvalue weighted by Gasteiger charge is -2.35. The van der Waals surface area contributed by atoms with Gasteiger partial charge in [-0.25, -0.2) is 9.59 Å². The van der Waals surface area contributed by atoms with Crippen LogP contribution >= 0.6 is 0 Å². The Balaban J connectivity index is 0.000000154. The number of morpholine rings is 1. The number of esters is 1. The molecule has 2 atom stereocenters. The predicted molar refractivity (Wildman–Crippen MR) is 189 cm³/mol. The molecule has 1 saturated heterocycles. The Morgan fingerprint density at radius 1 is 0.755 bits per heavy atom. The number of hydrogen-bond acceptors (Lipinski definition) is 9. The van der Waals surface area contributed by atoms with Crippen molar-refractivity contribution in [2.45, 2.75) is 64.7 Å². The minimum atomic E-state index is -0.381. The van der Waals surface area contributed by atoms with E-state index in [0.717, 1.165) is 60.3 Å². The number of nitrogens with zero attached hydrogens (tertiary/aromatic N) is 1. The molecule has 2 aliphatic rings. The summed E-state index contributed by atoms with van der Waals surface area (Å²) in [5, 5.41) is 14.9. The summed E-state index contributed by atoms with van der Waals surface area (Å²) in [7, 11) is 0. The monoisotopic (exact) mass is 661 g/mol. The molecular weight excluding hydrogens is 622 g/mol. The summed E-state index contributed by atoms with van der Waals surface area (Å²) >= 11 is 0. The zero-order valence-electron chi connectivity index (χ0n) is 27.6. The number of benzene rings is 4. The van der Waals surface area contributed by atoms with Gasteiger partial charge in [-0.3, -0.25) is 9.69 Å². The standard InChI is InChI=1S/C20H21NO4.C20H18O4/c1-12-9-21(10-13(2)24-12)11-17-18(22)8-7-15-14-5-3-4-6-16(14)20(23)25-19(15)17;21-19(13-6-2-1-3-7-13)23-14-10-11-16-15-8-4-5-9-17(15)20(22)24-18(16)12-14/h3-8,12-13,22H,9-11H2,1-2H3;4-5,8-13H,1-3,6-7H2. The zero-order chi connectivity index (χ0) is 34.1. The summed E-state index contributed by atoms with van der Waals surface area (Å²) in [5.41, 5.74) is 0.803. The lowest BCUT2D eigenvalue weighted by atomic mass is 9.89. The SMILES string of the molecule is CC1CN(Cc2c(O)ccc3c2oc(=O)c2ccccc23)CC(C)O1.O=C(Oc1ccc2c(c1)oc(=O)c1ccccc12)C1CCCCC1. The third-order valence-electron chi connectivity index (χ3n) is 9.49. The maximum absolute atomic E-state index is 12.4. The van der Waals surface area contributed by atoms with E-state index in [1.54, 1.807) is 30.3 Å². The first-order valence-electron chi connectivity index (χ1n) is 17.0. The number of phenolic OH excluding ortho intramolecular Hbond substituents is 1. The third-order valence-corrected chi connectivity index (χ3v) is 9.49. The summed E-state index contributed by atoms with van der Waals surface area (Å²) in [6, 6.07) is 23.4. The molecule has 49 heavy (non-hydrogen) atoms. The van der Waals surface area contributed by atoms with E-state index < -0.39 is 0 Å². The normalized spacial score (nSPS) is 18.8. The van der Waals surface area contributed by atoms with Gasteiger partial charge in [-0.05, 0) is 73.9 Å². The first-order chi connectivity index (χ1) is 23.7. The molecule has 0 spiro atoms. The first-order valence-corrected chi connectivity index (χ1v) is 17.0. The number of hydrogen-bond donors (Lipinski definition) is 1. The molecule has 1 aliphatic carbocycles. The van der Waals surface area contributed by atoms with E-state index in [1.165, 1.54) is 6.42 Å². The van der Waals surface area contributed by atoms with Gasteiger partial charge in [-0.15, -0.1) is 0 Å². The fourth-order valence-corrected chi connectivity index (χ4v) is 7.24. The fraction of sp³-hybridized carbons (Fsp3) is 0.325. The molecule has 1 N–H and O–H groups in total. The van der Waals surface area contributed by atoms with E-state index >= 15 is 0 Å². The van der Waals surface area contributed by atoms with E-state index in [-0.39, 0.29) is 41.1 Å². The van der Waals surface area contributed by atoms with Crippen LogP contribution in [0.5, 0.6) is 11.5 Å². The molecule has 0 amide bonds. The van der Waals surface area contributed by atoms with Gasteiger partial charge < -0.3 is 23.4 Å². The van der Waals surface area contributed by atoms with Crippen molar-refractivity contribution in [1.82, 2.24) is 4.90 Å². The van der Waals surface area contributed by atoms with E-state index in [1.807, 2.05) is 62.4 Å². The van der Waals surface area contributed by atoms with Crippen molar-refractivity contribution in [3.05, 3.63) is 105 Å². The average Bonchev–Trinajstić information content (AvgIpc) is 3.10. The molecular formula is C40H39NO8. The molecule has 2 fully saturated rings. The van der Waals surface area contributed by atoms with Crippen LogP contribution in [0.25, 0.3) is 43.5 Å². The second kappa shape index (κ2) is 13.9. The summed E-state index contributed by atoms with van der Waals surface area (Å²) in [6.45, 7) is 6.15. The number of aromatic hydroxyl groups is 1. The predicted octanol–water partition coefficient (Wildman–Crippen LogP) is 7.69. The maximum Gasteiger partial charge on any atom is 0.344 e. The van der Waals surface area contributed by atoms with Crippen LogP contribution in [0.4, 0.5) is 0 Å². The molecule has 8 rings (SSSR count). The second-order valence-corrected chi connectivity index (χ2v) is 13.2. The van der Waals surface area contributed by atoms with E-state index in [9.17, 15) is 19.5 Å². The topological polar surface area (TPSA) is 119 Å². The molecule has 2 aromatic heterocycles. The molecule has 1 saturated carbocycles. The van der Waals surface area contributed by atoms with Crippen LogP contribution in [-0.2, 0) is 16.1 Å². The Bertz CT molecular complexity index is 2270. The van der Waals surface area contributed by atoms with Crippen LogP contribution in [0.2, 0.25) is 0 Å². The lowest BCUT2D eigenvalue weighted by Crippen LogP contribution is -2.44. The van der Waals surface area contributed by atoms with Crippen molar-refractivity contribution in [2.24, 2.45) is 5.92 Å².